The number of carbonyl (C=O) groups excluding carboxylic acids is 2. The molecule has 0 bridgehead atoms. The summed E-state index contributed by atoms with van der Waals surface area (Å²) in [6.07, 6.45) is 2.58. The van der Waals surface area contributed by atoms with Gasteiger partial charge in [0.1, 0.15) is 5.75 Å². The fourth-order valence-electron chi connectivity index (χ4n) is 2.64. The highest BCUT2D eigenvalue weighted by atomic mass is 16.5. The molecule has 5 nitrogen and oxygen atoms in total. The number of ether oxygens (including phenoxy) is 1. The summed E-state index contributed by atoms with van der Waals surface area (Å²) in [5, 5.41) is 6.44. The summed E-state index contributed by atoms with van der Waals surface area (Å²) >= 11 is 0. The van der Waals surface area contributed by atoms with Crippen molar-refractivity contribution in [1.82, 2.24) is 10.6 Å². The van der Waals surface area contributed by atoms with E-state index < -0.39 is 0 Å². The lowest BCUT2D eigenvalue weighted by molar-refractivity contribution is -0.124. The predicted molar refractivity (Wildman–Crippen MR) is 89.8 cm³/mol. The summed E-state index contributed by atoms with van der Waals surface area (Å²) in [6, 6.07) is 7.88. The van der Waals surface area contributed by atoms with E-state index in [1.54, 1.807) is 24.3 Å². The number of hydrogen-bond donors (Lipinski definition) is 2. The fraction of sp³-hybridized carbons (Fsp3) is 0.556. The normalized spacial score (nSPS) is 20.0. The number of rotatable bonds is 8. The molecule has 2 N–H and O–H groups in total. The first-order chi connectivity index (χ1) is 11.0. The van der Waals surface area contributed by atoms with Gasteiger partial charge in [-0.05, 0) is 37.1 Å². The minimum Gasteiger partial charge on any atom is -0.484 e. The molecule has 1 aliphatic carbocycles. The van der Waals surface area contributed by atoms with Gasteiger partial charge in [-0.25, -0.2) is 0 Å². The van der Waals surface area contributed by atoms with Crippen LogP contribution in [0.4, 0.5) is 0 Å². The minimum atomic E-state index is -0.112. The van der Waals surface area contributed by atoms with Crippen LogP contribution in [-0.2, 0) is 4.79 Å². The van der Waals surface area contributed by atoms with Crippen molar-refractivity contribution < 1.29 is 14.3 Å². The second kappa shape index (κ2) is 8.11. The number of nitrogens with one attached hydrogen (secondary N) is 2. The van der Waals surface area contributed by atoms with Crippen LogP contribution in [0.25, 0.3) is 0 Å². The van der Waals surface area contributed by atoms with Crippen LogP contribution in [-0.4, -0.2) is 36.4 Å². The maximum Gasteiger partial charge on any atom is 0.258 e. The number of amides is 1. The Hall–Kier alpha value is -1.88. The maximum absolute atomic E-state index is 12.0. The van der Waals surface area contributed by atoms with E-state index in [-0.39, 0.29) is 24.3 Å². The van der Waals surface area contributed by atoms with Gasteiger partial charge in [-0.15, -0.1) is 0 Å². The van der Waals surface area contributed by atoms with Gasteiger partial charge in [0, 0.05) is 30.1 Å². The van der Waals surface area contributed by atoms with E-state index in [0.717, 1.165) is 12.8 Å². The average molecular weight is 318 g/mol. The van der Waals surface area contributed by atoms with Gasteiger partial charge < -0.3 is 15.4 Å². The standard InChI is InChI=1S/C18H26N2O3/c1-4-17(21)13-5-7-14(8-6-13)23-11-18(22)20-16-10-9-15(16)19-12(2)3/h5-8,12,15-16,19H,4,9-11H2,1-3H3,(H,20,22)/t15-,16+/m1/s1. The zero-order valence-corrected chi connectivity index (χ0v) is 14.1. The lowest BCUT2D eigenvalue weighted by Gasteiger charge is -2.39. The Balaban J connectivity index is 1.75. The Morgan fingerprint density at radius 3 is 2.35 bits per heavy atom. The van der Waals surface area contributed by atoms with Crippen molar-refractivity contribution >= 4 is 11.7 Å². The molecule has 1 fully saturated rings. The van der Waals surface area contributed by atoms with Crippen molar-refractivity contribution in [2.75, 3.05) is 6.61 Å². The molecule has 0 spiro atoms. The summed E-state index contributed by atoms with van der Waals surface area (Å²) in [4.78, 5) is 23.5. The van der Waals surface area contributed by atoms with Gasteiger partial charge in [0.2, 0.25) is 0 Å². The fourth-order valence-corrected chi connectivity index (χ4v) is 2.64. The Kier molecular flexibility index (Phi) is 6.16. The maximum atomic E-state index is 12.0. The van der Waals surface area contributed by atoms with Crippen LogP contribution >= 0.6 is 0 Å². The monoisotopic (exact) mass is 318 g/mol. The van der Waals surface area contributed by atoms with Crippen LogP contribution in [0.3, 0.4) is 0 Å². The number of Topliss-reactive ketones (excluding diaryl/α,β-unsaturated/α-hetero) is 1. The molecule has 0 aliphatic heterocycles. The highest BCUT2D eigenvalue weighted by molar-refractivity contribution is 5.95. The first-order valence-corrected chi connectivity index (χ1v) is 8.31. The molecule has 0 aromatic heterocycles. The van der Waals surface area contributed by atoms with Crippen LogP contribution in [0, 0.1) is 0 Å². The van der Waals surface area contributed by atoms with Gasteiger partial charge >= 0.3 is 0 Å². The molecule has 1 amide bonds. The Labute approximate surface area is 137 Å². The quantitative estimate of drug-likeness (QED) is 0.722. The van der Waals surface area contributed by atoms with Gasteiger partial charge in [-0.3, -0.25) is 9.59 Å². The van der Waals surface area contributed by atoms with Crippen molar-refractivity contribution in [3.8, 4) is 5.75 Å². The third kappa shape index (κ3) is 5.06. The van der Waals surface area contributed by atoms with Crippen molar-refractivity contribution in [1.29, 1.82) is 0 Å². The highest BCUT2D eigenvalue weighted by Gasteiger charge is 2.32. The van der Waals surface area contributed by atoms with E-state index in [9.17, 15) is 9.59 Å². The van der Waals surface area contributed by atoms with E-state index in [1.807, 2.05) is 6.92 Å². The molecule has 1 aromatic carbocycles. The average Bonchev–Trinajstić information content (AvgIpc) is 2.54. The van der Waals surface area contributed by atoms with Crippen LogP contribution in [0.15, 0.2) is 24.3 Å². The van der Waals surface area contributed by atoms with E-state index in [1.165, 1.54) is 0 Å². The third-order valence-corrected chi connectivity index (χ3v) is 4.04. The number of ketones is 1. The first-order valence-electron chi connectivity index (χ1n) is 8.31. The number of hydrogen-bond acceptors (Lipinski definition) is 4. The van der Waals surface area contributed by atoms with E-state index >= 15 is 0 Å². The Morgan fingerprint density at radius 1 is 1.17 bits per heavy atom. The smallest absolute Gasteiger partial charge is 0.258 e. The van der Waals surface area contributed by atoms with Gasteiger partial charge in [0.05, 0.1) is 0 Å². The van der Waals surface area contributed by atoms with E-state index in [4.69, 9.17) is 4.74 Å². The van der Waals surface area contributed by atoms with Crippen LogP contribution in [0.1, 0.15) is 50.4 Å². The second-order valence-corrected chi connectivity index (χ2v) is 6.27. The summed E-state index contributed by atoms with van der Waals surface area (Å²) in [7, 11) is 0. The molecule has 0 unspecified atom stereocenters. The van der Waals surface area contributed by atoms with Gasteiger partial charge in [0.25, 0.3) is 5.91 Å². The molecular formula is C18H26N2O3. The molecule has 23 heavy (non-hydrogen) atoms. The minimum absolute atomic E-state index is 0.00797. The van der Waals surface area contributed by atoms with Crippen molar-refractivity contribution in [2.24, 2.45) is 0 Å². The molecular weight excluding hydrogens is 292 g/mol. The number of benzene rings is 1. The molecule has 2 rings (SSSR count). The second-order valence-electron chi connectivity index (χ2n) is 6.27. The van der Waals surface area contributed by atoms with Gasteiger partial charge in [0.15, 0.2) is 12.4 Å². The lowest BCUT2D eigenvalue weighted by atomic mass is 9.86. The Bertz CT molecular complexity index is 540. The summed E-state index contributed by atoms with van der Waals surface area (Å²) in [6.45, 7) is 6.03. The van der Waals surface area contributed by atoms with Crippen LogP contribution in [0.2, 0.25) is 0 Å². The third-order valence-electron chi connectivity index (χ3n) is 4.04. The highest BCUT2D eigenvalue weighted by Crippen LogP contribution is 2.20. The Morgan fingerprint density at radius 2 is 1.83 bits per heavy atom. The number of carbonyl (C=O) groups is 2. The van der Waals surface area contributed by atoms with Crippen molar-refractivity contribution in [3.05, 3.63) is 29.8 Å². The molecule has 1 aliphatic rings. The SMILES string of the molecule is CCC(=O)c1ccc(OCC(=O)N[C@H]2CC[C@H]2NC(C)C)cc1. The predicted octanol–water partition coefficient (Wildman–Crippen LogP) is 2.30. The molecule has 0 radical (unpaired) electrons. The topological polar surface area (TPSA) is 67.4 Å². The molecule has 1 aromatic rings. The summed E-state index contributed by atoms with van der Waals surface area (Å²) < 4.78 is 5.48. The van der Waals surface area contributed by atoms with E-state index in [2.05, 4.69) is 24.5 Å². The van der Waals surface area contributed by atoms with Gasteiger partial charge in [-0.2, -0.15) is 0 Å². The van der Waals surface area contributed by atoms with Crippen molar-refractivity contribution in [2.45, 2.75) is 58.2 Å². The van der Waals surface area contributed by atoms with Crippen molar-refractivity contribution in [3.63, 3.8) is 0 Å². The van der Waals surface area contributed by atoms with E-state index in [0.29, 0.717) is 29.8 Å². The molecule has 5 heteroatoms. The largest absolute Gasteiger partial charge is 0.484 e. The summed E-state index contributed by atoms with van der Waals surface area (Å²) in [5.41, 5.74) is 0.668. The molecule has 126 valence electrons. The molecule has 2 atom stereocenters. The van der Waals surface area contributed by atoms with Crippen LogP contribution in [0.5, 0.6) is 5.75 Å². The zero-order chi connectivity index (χ0) is 16.8. The molecule has 0 heterocycles. The summed E-state index contributed by atoms with van der Waals surface area (Å²) in [5.74, 6) is 0.584. The van der Waals surface area contributed by atoms with Crippen LogP contribution < -0.4 is 15.4 Å². The first kappa shape index (κ1) is 17.5. The van der Waals surface area contributed by atoms with Gasteiger partial charge in [-0.1, -0.05) is 20.8 Å². The molecule has 0 saturated heterocycles. The zero-order valence-electron chi connectivity index (χ0n) is 14.1. The lowest BCUT2D eigenvalue weighted by Crippen LogP contribution is -2.58. The molecule has 1 saturated carbocycles.